The van der Waals surface area contributed by atoms with Gasteiger partial charge in [0, 0.05) is 0 Å². The summed E-state index contributed by atoms with van der Waals surface area (Å²) in [5.74, 6) is 0. The zero-order chi connectivity index (χ0) is 8.15. The second-order valence-electron chi connectivity index (χ2n) is 1.12. The van der Waals surface area contributed by atoms with Gasteiger partial charge in [-0.05, 0) is 36.4 Å². The Morgan fingerprint density at radius 3 is 1.64 bits per heavy atom. The third kappa shape index (κ3) is 10.8. The van der Waals surface area contributed by atoms with Crippen LogP contribution >= 0.6 is 23.2 Å². The Bertz CT molecular complexity index is 166. The fourth-order valence-corrected chi connectivity index (χ4v) is 0.293. The van der Waals surface area contributed by atoms with Crippen molar-refractivity contribution in [1.29, 1.82) is 0 Å². The van der Waals surface area contributed by atoms with Gasteiger partial charge in [0.25, 0.3) is 10.4 Å². The van der Waals surface area contributed by atoms with E-state index in [0.717, 1.165) is 0 Å². The second-order valence-corrected chi connectivity index (χ2v) is 1.96. The van der Waals surface area contributed by atoms with Crippen molar-refractivity contribution < 1.29 is 14.8 Å². The molecule has 0 aliphatic carbocycles. The van der Waals surface area contributed by atoms with E-state index in [2.05, 4.69) is 22.8 Å². The molecule has 4 nitrogen and oxygen atoms in total. The Balaban J connectivity index is 0. The van der Waals surface area contributed by atoms with Gasteiger partial charge in [0.1, 0.15) is 4.91 Å². The van der Waals surface area contributed by atoms with E-state index < -0.39 is 0 Å². The van der Waals surface area contributed by atoms with Gasteiger partial charge in [-0.25, -0.2) is 0 Å². The van der Waals surface area contributed by atoms with Gasteiger partial charge in [0.2, 0.25) is 0 Å². The quantitative estimate of drug-likeness (QED) is 0.442. The third-order valence-electron chi connectivity index (χ3n) is 0.347. The molecule has 0 heterocycles. The molecule has 0 fully saturated rings. The molecular formula is C4H6BaCl2NO3+. The van der Waals surface area contributed by atoms with Crippen molar-refractivity contribution in [1.82, 2.24) is 0 Å². The van der Waals surface area contributed by atoms with Crippen LogP contribution in [0, 0.1) is 4.91 Å². The van der Waals surface area contributed by atoms with Gasteiger partial charge < -0.3 is 0 Å². The summed E-state index contributed by atoms with van der Waals surface area (Å²) < 4.78 is 0. The molecule has 0 bridgehead atoms. The maximum absolute atomic E-state index is 10.2. The van der Waals surface area contributed by atoms with Crippen LogP contribution < -0.4 is 0 Å². The average molecular weight is 324 g/mol. The second kappa shape index (κ2) is 7.48. The zero-order valence-corrected chi connectivity index (χ0v) is 6.35. The van der Waals surface area contributed by atoms with E-state index in [1.54, 1.807) is 0 Å². The van der Waals surface area contributed by atoms with Crippen LogP contribution in [-0.2, 0) is 9.68 Å². The van der Waals surface area contributed by atoms with E-state index in [0.29, 0.717) is 0 Å². The van der Waals surface area contributed by atoms with Gasteiger partial charge in [-0.2, -0.15) is 0 Å². The molecule has 0 radical (unpaired) electrons. The minimum absolute atomic E-state index is 0. The van der Waals surface area contributed by atoms with Crippen molar-refractivity contribution >= 4 is 72.1 Å². The van der Waals surface area contributed by atoms with Crippen molar-refractivity contribution in [2.24, 2.45) is 0 Å². The van der Waals surface area contributed by atoms with Crippen LogP contribution in [0.25, 0.3) is 0 Å². The summed E-state index contributed by atoms with van der Waals surface area (Å²) in [5.41, 5.74) is 0. The van der Waals surface area contributed by atoms with Crippen LogP contribution in [-0.4, -0.2) is 54.0 Å². The fraction of sp³-hybridized carbons (Fsp3) is 0. The Morgan fingerprint density at radius 2 is 1.45 bits per heavy atom. The standard InChI is InChI=1S/C4H4Cl2NO3.Ba.2H/c1-3(5)9-7(8)10-4(2)6;;;/h1-2H2;;;/q+1;;;. The van der Waals surface area contributed by atoms with Crippen LogP contribution in [0.4, 0.5) is 0 Å². The van der Waals surface area contributed by atoms with Crippen LogP contribution in [0.5, 0.6) is 0 Å². The normalized spacial score (nSPS) is 7.45. The molecule has 0 saturated heterocycles. The molecule has 60 valence electrons. The molecule has 0 aromatic carbocycles. The predicted molar refractivity (Wildman–Crippen MR) is 44.3 cm³/mol. The summed E-state index contributed by atoms with van der Waals surface area (Å²) in [6.07, 6.45) is 0. The van der Waals surface area contributed by atoms with Gasteiger partial charge in [-0.1, -0.05) is 0 Å². The van der Waals surface area contributed by atoms with E-state index >= 15 is 0 Å². The van der Waals surface area contributed by atoms with Crippen molar-refractivity contribution in [3.05, 3.63) is 28.5 Å². The molecule has 11 heavy (non-hydrogen) atoms. The Morgan fingerprint density at radius 1 is 1.18 bits per heavy atom. The van der Waals surface area contributed by atoms with Gasteiger partial charge in [-0.15, -0.1) is 9.68 Å². The number of hydrogen-bond acceptors (Lipinski definition) is 3. The van der Waals surface area contributed by atoms with Gasteiger partial charge in [-0.3, -0.25) is 0 Å². The van der Waals surface area contributed by atoms with E-state index in [1.807, 2.05) is 0 Å². The third-order valence-corrected chi connectivity index (χ3v) is 0.485. The van der Waals surface area contributed by atoms with Crippen LogP contribution in [0.2, 0.25) is 0 Å². The Hall–Kier alpha value is 0.831. The van der Waals surface area contributed by atoms with Crippen molar-refractivity contribution in [3.63, 3.8) is 0 Å². The topological polar surface area (TPSA) is 38.5 Å². The number of hydrogen-bond donors (Lipinski definition) is 0. The number of rotatable bonds is 4. The SMILES string of the molecule is C=C(Cl)O[N+](=O)OC(=C)Cl.[BaH2]. The summed E-state index contributed by atoms with van der Waals surface area (Å²) in [4.78, 5) is 18.3. The van der Waals surface area contributed by atoms with Gasteiger partial charge in [0.15, 0.2) is 0 Å². The van der Waals surface area contributed by atoms with Gasteiger partial charge >= 0.3 is 54.0 Å². The molecule has 0 spiro atoms. The Labute approximate surface area is 114 Å². The molecule has 0 amide bonds. The summed E-state index contributed by atoms with van der Waals surface area (Å²) in [7, 11) is 0. The van der Waals surface area contributed by atoms with Crippen molar-refractivity contribution in [2.75, 3.05) is 0 Å². The molecule has 7 heteroatoms. The molecule has 0 unspecified atom stereocenters. The zero-order valence-electron chi connectivity index (χ0n) is 4.84. The molecular weight excluding hydrogens is 318 g/mol. The molecule has 0 aromatic rings. The average Bonchev–Trinajstić information content (AvgIpc) is 1.58. The molecule has 0 saturated carbocycles. The summed E-state index contributed by atoms with van der Waals surface area (Å²) in [6.45, 7) is 6.10. The van der Waals surface area contributed by atoms with E-state index in [1.165, 1.54) is 0 Å². The number of nitrogens with zero attached hydrogens (tertiary/aromatic N) is 1. The molecule has 0 aliphatic rings. The molecule has 0 aliphatic heterocycles. The van der Waals surface area contributed by atoms with Crippen molar-refractivity contribution in [2.45, 2.75) is 0 Å². The summed E-state index contributed by atoms with van der Waals surface area (Å²) >= 11 is 10.1. The fourth-order valence-electron chi connectivity index (χ4n) is 0.180. The number of halogens is 2. The first-order valence-corrected chi connectivity index (χ1v) is 2.80. The molecule has 0 aromatic heterocycles. The van der Waals surface area contributed by atoms with Crippen molar-refractivity contribution in [3.8, 4) is 0 Å². The first-order chi connectivity index (χ1) is 4.52. The predicted octanol–water partition coefficient (Wildman–Crippen LogP) is 1.13. The molecule has 0 rings (SSSR count). The van der Waals surface area contributed by atoms with Crippen LogP contribution in [0.15, 0.2) is 23.6 Å². The summed E-state index contributed by atoms with van der Waals surface area (Å²) in [5, 5.41) is -0.967. The molecule has 0 N–H and O–H groups in total. The van der Waals surface area contributed by atoms with Crippen LogP contribution in [0.1, 0.15) is 0 Å². The monoisotopic (exact) mass is 324 g/mol. The van der Waals surface area contributed by atoms with Gasteiger partial charge in [0.05, 0.1) is 0 Å². The van der Waals surface area contributed by atoms with E-state index in [4.69, 9.17) is 23.2 Å². The van der Waals surface area contributed by atoms with E-state index in [-0.39, 0.29) is 64.4 Å². The molecule has 0 atom stereocenters. The summed E-state index contributed by atoms with van der Waals surface area (Å²) in [6, 6.07) is 0. The Kier molecular flexibility index (Phi) is 9.76. The minimum atomic E-state index is -0.326. The van der Waals surface area contributed by atoms with E-state index in [9.17, 15) is 4.91 Å². The maximum atomic E-state index is 10.2. The first-order valence-electron chi connectivity index (χ1n) is 2.04. The first kappa shape index (κ1) is 14.4. The van der Waals surface area contributed by atoms with Crippen LogP contribution in [0.3, 0.4) is 0 Å².